The van der Waals surface area contributed by atoms with Gasteiger partial charge in [0, 0.05) is 5.56 Å². The molecule has 3 aromatic rings. The Hall–Kier alpha value is -4.20. The minimum Gasteiger partial charge on any atom is -0.507 e. The van der Waals surface area contributed by atoms with Gasteiger partial charge in [-0.2, -0.15) is 0 Å². The minimum atomic E-state index is -0.871. The molecule has 206 valence electrons. The third kappa shape index (κ3) is 6.28. The molecule has 0 radical (unpaired) electrons. The van der Waals surface area contributed by atoms with Crippen LogP contribution in [0.25, 0.3) is 5.76 Å². The first kappa shape index (κ1) is 27.8. The molecule has 39 heavy (non-hydrogen) atoms. The van der Waals surface area contributed by atoms with E-state index >= 15 is 0 Å². The van der Waals surface area contributed by atoms with Gasteiger partial charge >= 0.3 is 0 Å². The van der Waals surface area contributed by atoms with Crippen LogP contribution in [0.1, 0.15) is 56.5 Å². The molecule has 8 nitrogen and oxygen atoms in total. The van der Waals surface area contributed by atoms with Gasteiger partial charge in [0.15, 0.2) is 11.5 Å². The Morgan fingerprint density at radius 2 is 1.79 bits per heavy atom. The zero-order valence-electron chi connectivity index (χ0n) is 22.8. The maximum Gasteiger partial charge on any atom is 0.296 e. The summed E-state index contributed by atoms with van der Waals surface area (Å²) in [6.45, 7) is 7.42. The lowest BCUT2D eigenvalue weighted by molar-refractivity contribution is -0.140. The molecule has 0 aliphatic carbocycles. The van der Waals surface area contributed by atoms with Gasteiger partial charge in [-0.25, -0.2) is 0 Å². The molecule has 1 saturated heterocycles. The molecule has 4 rings (SSSR count). The van der Waals surface area contributed by atoms with E-state index in [1.807, 2.05) is 6.92 Å². The van der Waals surface area contributed by atoms with E-state index in [-0.39, 0.29) is 17.9 Å². The number of methoxy groups -OCH3 is 1. The molecule has 8 heteroatoms. The Morgan fingerprint density at radius 3 is 2.44 bits per heavy atom. The van der Waals surface area contributed by atoms with E-state index in [1.165, 1.54) is 18.3 Å². The number of aliphatic hydroxyl groups excluding tert-OH is 1. The Labute approximate surface area is 228 Å². The van der Waals surface area contributed by atoms with Crippen LogP contribution in [0.5, 0.6) is 17.2 Å². The summed E-state index contributed by atoms with van der Waals surface area (Å²) in [5.74, 6) is 0.928. The molecule has 2 heterocycles. The maximum absolute atomic E-state index is 13.4. The van der Waals surface area contributed by atoms with Gasteiger partial charge in [0.25, 0.3) is 11.7 Å². The van der Waals surface area contributed by atoms with E-state index in [0.717, 1.165) is 12.8 Å². The monoisotopic (exact) mass is 533 g/mol. The highest BCUT2D eigenvalue weighted by Gasteiger charge is 2.46. The number of carbonyl (C=O) groups excluding carboxylic acids is 2. The number of ketones is 1. The lowest BCUT2D eigenvalue weighted by Gasteiger charge is -2.25. The van der Waals surface area contributed by atoms with Crippen molar-refractivity contribution in [1.82, 2.24) is 4.90 Å². The number of ether oxygens (including phenoxy) is 3. The number of rotatable bonds is 12. The van der Waals surface area contributed by atoms with E-state index in [4.69, 9.17) is 18.6 Å². The fourth-order valence-electron chi connectivity index (χ4n) is 4.42. The van der Waals surface area contributed by atoms with Crippen LogP contribution in [0.4, 0.5) is 0 Å². The van der Waals surface area contributed by atoms with Crippen LogP contribution in [0.2, 0.25) is 0 Å². The summed E-state index contributed by atoms with van der Waals surface area (Å²) in [7, 11) is 1.54. The van der Waals surface area contributed by atoms with Gasteiger partial charge in [-0.15, -0.1) is 0 Å². The predicted octanol–water partition coefficient (Wildman–Crippen LogP) is 6.12. The molecular formula is C31H35NO7. The number of Topliss-reactive ketones (excluding diaryl/α,β-unsaturated/α-hetero) is 1. The number of aliphatic hydroxyl groups is 1. The molecule has 0 spiro atoms. The number of nitrogens with zero attached hydrogens (tertiary/aromatic N) is 1. The number of likely N-dealkylation sites (tertiary alicyclic amines) is 1. The molecule has 1 fully saturated rings. The number of hydrogen-bond donors (Lipinski definition) is 1. The summed E-state index contributed by atoms with van der Waals surface area (Å²) in [5.41, 5.74) is 0.989. The molecule has 0 unspecified atom stereocenters. The molecular weight excluding hydrogens is 498 g/mol. The van der Waals surface area contributed by atoms with Crippen molar-refractivity contribution in [3.8, 4) is 17.2 Å². The van der Waals surface area contributed by atoms with Gasteiger partial charge in [0.05, 0.1) is 44.7 Å². The van der Waals surface area contributed by atoms with Crippen molar-refractivity contribution in [3.05, 3.63) is 83.3 Å². The van der Waals surface area contributed by atoms with Gasteiger partial charge < -0.3 is 28.6 Å². The topological polar surface area (TPSA) is 98.4 Å². The number of amides is 1. The van der Waals surface area contributed by atoms with Gasteiger partial charge in [-0.1, -0.05) is 26.8 Å². The van der Waals surface area contributed by atoms with Crippen LogP contribution in [-0.2, 0) is 16.1 Å². The normalized spacial score (nSPS) is 16.6. The third-order valence-corrected chi connectivity index (χ3v) is 6.50. The molecule has 2 aromatic carbocycles. The third-order valence-electron chi connectivity index (χ3n) is 6.50. The number of hydrogen-bond acceptors (Lipinski definition) is 7. The standard InChI is InChI=1S/C31H35NO7/c1-5-15-37-23-11-8-21(9-12-23)29(33)27-28(32(31(35)30(27)34)19-24-7-6-16-38-24)22-10-13-25(26(18-22)36-4)39-17-14-20(2)3/h6-13,16,18,20,28,33H,5,14-15,17,19H2,1-4H3/t28-/m0/s1. The summed E-state index contributed by atoms with van der Waals surface area (Å²) >= 11 is 0. The average Bonchev–Trinajstić information content (AvgIpc) is 3.54. The van der Waals surface area contributed by atoms with Crippen LogP contribution in [0, 0.1) is 5.92 Å². The van der Waals surface area contributed by atoms with Crippen molar-refractivity contribution in [2.24, 2.45) is 5.92 Å². The van der Waals surface area contributed by atoms with Gasteiger partial charge in [-0.05, 0) is 72.9 Å². The van der Waals surface area contributed by atoms with Crippen LogP contribution in [-0.4, -0.2) is 42.0 Å². The lowest BCUT2D eigenvalue weighted by atomic mass is 9.95. The van der Waals surface area contributed by atoms with E-state index in [0.29, 0.717) is 53.3 Å². The summed E-state index contributed by atoms with van der Waals surface area (Å²) in [4.78, 5) is 28.0. The quantitative estimate of drug-likeness (QED) is 0.170. The van der Waals surface area contributed by atoms with Gasteiger partial charge in [0.1, 0.15) is 17.3 Å². The van der Waals surface area contributed by atoms with Crippen molar-refractivity contribution in [2.45, 2.75) is 46.2 Å². The molecule has 1 aromatic heterocycles. The molecule has 1 atom stereocenters. The van der Waals surface area contributed by atoms with Crippen LogP contribution < -0.4 is 14.2 Å². The smallest absolute Gasteiger partial charge is 0.296 e. The first-order valence-electron chi connectivity index (χ1n) is 13.2. The van der Waals surface area contributed by atoms with E-state index in [9.17, 15) is 14.7 Å². The van der Waals surface area contributed by atoms with Crippen molar-refractivity contribution < 1.29 is 33.3 Å². The summed E-state index contributed by atoms with van der Waals surface area (Å²) in [6, 6.07) is 14.7. The van der Waals surface area contributed by atoms with E-state index in [1.54, 1.807) is 54.6 Å². The predicted molar refractivity (Wildman–Crippen MR) is 147 cm³/mol. The van der Waals surface area contributed by atoms with Crippen LogP contribution in [0.3, 0.4) is 0 Å². The van der Waals surface area contributed by atoms with Crippen LogP contribution >= 0.6 is 0 Å². The highest BCUT2D eigenvalue weighted by molar-refractivity contribution is 6.46. The Bertz CT molecular complexity index is 1310. The lowest BCUT2D eigenvalue weighted by Crippen LogP contribution is -2.29. The maximum atomic E-state index is 13.4. The fourth-order valence-corrected chi connectivity index (χ4v) is 4.42. The second-order valence-electron chi connectivity index (χ2n) is 9.82. The first-order chi connectivity index (χ1) is 18.8. The molecule has 1 aliphatic heterocycles. The number of benzene rings is 2. The van der Waals surface area contributed by atoms with Crippen molar-refractivity contribution >= 4 is 17.4 Å². The van der Waals surface area contributed by atoms with Crippen molar-refractivity contribution in [1.29, 1.82) is 0 Å². The molecule has 0 saturated carbocycles. The second-order valence-corrected chi connectivity index (χ2v) is 9.82. The average molecular weight is 534 g/mol. The molecule has 1 amide bonds. The van der Waals surface area contributed by atoms with Crippen molar-refractivity contribution in [3.63, 3.8) is 0 Å². The molecule has 1 N–H and O–H groups in total. The molecule has 0 bridgehead atoms. The first-order valence-corrected chi connectivity index (χ1v) is 13.2. The van der Waals surface area contributed by atoms with E-state index < -0.39 is 17.7 Å². The highest BCUT2D eigenvalue weighted by atomic mass is 16.5. The highest BCUT2D eigenvalue weighted by Crippen LogP contribution is 2.43. The Morgan fingerprint density at radius 1 is 1.03 bits per heavy atom. The van der Waals surface area contributed by atoms with Gasteiger partial charge in [-0.3, -0.25) is 9.59 Å². The SMILES string of the molecule is CCCOc1ccc(C(O)=C2C(=O)C(=O)N(Cc3ccco3)[C@H]2c2ccc(OCCC(C)C)c(OC)c2)cc1. The zero-order valence-corrected chi connectivity index (χ0v) is 22.8. The van der Waals surface area contributed by atoms with Gasteiger partial charge in [0.2, 0.25) is 0 Å². The number of furan rings is 1. The zero-order chi connectivity index (χ0) is 27.9. The summed E-state index contributed by atoms with van der Waals surface area (Å²) in [6.07, 6.45) is 3.26. The number of carbonyl (C=O) groups is 2. The largest absolute Gasteiger partial charge is 0.507 e. The van der Waals surface area contributed by atoms with Crippen LogP contribution in [0.15, 0.2) is 70.9 Å². The van der Waals surface area contributed by atoms with E-state index in [2.05, 4.69) is 13.8 Å². The molecule has 1 aliphatic rings. The second kappa shape index (κ2) is 12.6. The summed E-state index contributed by atoms with van der Waals surface area (Å²) in [5, 5.41) is 11.4. The Kier molecular flexibility index (Phi) is 8.96. The summed E-state index contributed by atoms with van der Waals surface area (Å²) < 4.78 is 22.6. The fraction of sp³-hybridized carbons (Fsp3) is 0.355. The minimum absolute atomic E-state index is 0.00990. The van der Waals surface area contributed by atoms with Crippen molar-refractivity contribution in [2.75, 3.05) is 20.3 Å². The Balaban J connectivity index is 1.76.